The van der Waals surface area contributed by atoms with Crippen LogP contribution < -0.4 is 10.9 Å². The number of aromatic nitrogens is 2. The van der Waals surface area contributed by atoms with E-state index in [4.69, 9.17) is 0 Å². The number of hydrogen-bond acceptors (Lipinski definition) is 5. The van der Waals surface area contributed by atoms with Gasteiger partial charge in [-0.15, -0.1) is 11.3 Å². The monoisotopic (exact) mass is 335 g/mol. The van der Waals surface area contributed by atoms with Crippen molar-refractivity contribution in [1.82, 2.24) is 14.9 Å². The van der Waals surface area contributed by atoms with Gasteiger partial charge in [-0.3, -0.25) is 14.2 Å². The van der Waals surface area contributed by atoms with E-state index in [1.165, 1.54) is 22.2 Å². The first-order valence-electron chi connectivity index (χ1n) is 7.57. The lowest BCUT2D eigenvalue weighted by molar-refractivity contribution is -0.118. The van der Waals surface area contributed by atoms with Crippen LogP contribution in [0.4, 0.5) is 0 Å². The Hall–Kier alpha value is -1.34. The van der Waals surface area contributed by atoms with Gasteiger partial charge < -0.3 is 5.32 Å². The molecule has 0 saturated heterocycles. The maximum absolute atomic E-state index is 12.6. The summed E-state index contributed by atoms with van der Waals surface area (Å²) in [4.78, 5) is 31.2. The highest BCUT2D eigenvalue weighted by Gasteiger charge is 2.24. The molecule has 4 rings (SSSR count). The highest BCUT2D eigenvalue weighted by Crippen LogP contribution is 2.35. The summed E-state index contributed by atoms with van der Waals surface area (Å²) in [6.07, 6.45) is 5.35. The molecule has 0 spiro atoms. The van der Waals surface area contributed by atoms with Gasteiger partial charge in [0.05, 0.1) is 11.1 Å². The Balaban J connectivity index is 1.62. The zero-order chi connectivity index (χ0) is 15.3. The van der Waals surface area contributed by atoms with Crippen molar-refractivity contribution in [3.05, 3.63) is 20.8 Å². The number of nitrogens with one attached hydrogen (secondary N) is 1. The Morgan fingerprint density at radius 2 is 2.27 bits per heavy atom. The minimum Gasteiger partial charge on any atom is -0.353 e. The van der Waals surface area contributed by atoms with Crippen molar-refractivity contribution in [3.63, 3.8) is 0 Å². The first kappa shape index (κ1) is 14.3. The zero-order valence-electron chi connectivity index (χ0n) is 12.3. The van der Waals surface area contributed by atoms with E-state index in [2.05, 4.69) is 10.3 Å². The van der Waals surface area contributed by atoms with Crippen LogP contribution in [0.2, 0.25) is 0 Å². The van der Waals surface area contributed by atoms with Crippen molar-refractivity contribution in [2.75, 3.05) is 5.75 Å². The number of thioether (sulfide) groups is 1. The average Bonchev–Trinajstić information content (AvgIpc) is 3.06. The molecule has 2 aliphatic carbocycles. The fraction of sp³-hybridized carbons (Fsp3) is 0.533. The van der Waals surface area contributed by atoms with E-state index in [0.29, 0.717) is 17.0 Å². The van der Waals surface area contributed by atoms with Gasteiger partial charge >= 0.3 is 0 Å². The maximum atomic E-state index is 12.6. The summed E-state index contributed by atoms with van der Waals surface area (Å²) in [5, 5.41) is 4.38. The summed E-state index contributed by atoms with van der Waals surface area (Å²) in [6, 6.07) is 0.368. The number of thiophene rings is 1. The van der Waals surface area contributed by atoms with Crippen LogP contribution in [0.3, 0.4) is 0 Å². The SMILES string of the molecule is Cn1c(SCC(=O)NC2CC2)nc2sc3c(c2c1=O)CCC3. The number of carbonyl (C=O) groups excluding carboxylic acids is 1. The van der Waals surface area contributed by atoms with Gasteiger partial charge in [-0.1, -0.05) is 11.8 Å². The highest BCUT2D eigenvalue weighted by molar-refractivity contribution is 7.99. The van der Waals surface area contributed by atoms with Gasteiger partial charge in [0, 0.05) is 18.0 Å². The summed E-state index contributed by atoms with van der Waals surface area (Å²) in [7, 11) is 1.74. The Labute approximate surface area is 136 Å². The number of rotatable bonds is 4. The molecule has 7 heteroatoms. The molecule has 1 saturated carbocycles. The van der Waals surface area contributed by atoms with Gasteiger partial charge in [0.15, 0.2) is 5.16 Å². The van der Waals surface area contributed by atoms with E-state index in [9.17, 15) is 9.59 Å². The third-order valence-corrected chi connectivity index (χ3v) is 6.40. The molecule has 2 heterocycles. The van der Waals surface area contributed by atoms with E-state index >= 15 is 0 Å². The molecule has 0 aliphatic heterocycles. The molecule has 0 unspecified atom stereocenters. The number of hydrogen-bond donors (Lipinski definition) is 1. The van der Waals surface area contributed by atoms with E-state index in [-0.39, 0.29) is 11.5 Å². The van der Waals surface area contributed by atoms with E-state index in [1.807, 2.05) is 0 Å². The average molecular weight is 335 g/mol. The molecule has 1 fully saturated rings. The molecule has 0 radical (unpaired) electrons. The lowest BCUT2D eigenvalue weighted by atomic mass is 10.2. The summed E-state index contributed by atoms with van der Waals surface area (Å²) >= 11 is 2.98. The van der Waals surface area contributed by atoms with Crippen molar-refractivity contribution < 1.29 is 4.79 Å². The molecule has 1 N–H and O–H groups in total. The first-order chi connectivity index (χ1) is 10.6. The van der Waals surface area contributed by atoms with Crippen LogP contribution in [0.15, 0.2) is 9.95 Å². The Morgan fingerprint density at radius 3 is 3.05 bits per heavy atom. The highest BCUT2D eigenvalue weighted by atomic mass is 32.2. The van der Waals surface area contributed by atoms with E-state index in [1.54, 1.807) is 23.0 Å². The van der Waals surface area contributed by atoms with E-state index in [0.717, 1.165) is 42.3 Å². The molecule has 5 nitrogen and oxygen atoms in total. The molecule has 0 atom stereocenters. The molecule has 116 valence electrons. The smallest absolute Gasteiger partial charge is 0.262 e. The molecule has 1 amide bonds. The normalized spacial score (nSPS) is 17.0. The van der Waals surface area contributed by atoms with Gasteiger partial charge in [0.25, 0.3) is 5.56 Å². The third-order valence-electron chi connectivity index (χ3n) is 4.18. The Morgan fingerprint density at radius 1 is 1.45 bits per heavy atom. The van der Waals surface area contributed by atoms with Gasteiger partial charge in [-0.2, -0.15) is 0 Å². The van der Waals surface area contributed by atoms with Crippen LogP contribution in [0.25, 0.3) is 10.2 Å². The van der Waals surface area contributed by atoms with Crippen LogP contribution >= 0.6 is 23.1 Å². The third kappa shape index (κ3) is 2.46. The lowest BCUT2D eigenvalue weighted by Gasteiger charge is -2.07. The van der Waals surface area contributed by atoms with Crippen LogP contribution in [-0.4, -0.2) is 27.3 Å². The molecule has 22 heavy (non-hydrogen) atoms. The summed E-state index contributed by atoms with van der Waals surface area (Å²) in [5.74, 6) is 0.337. The second-order valence-electron chi connectivity index (χ2n) is 5.93. The molecule has 0 bridgehead atoms. The number of aryl methyl sites for hydroxylation is 2. The number of nitrogens with zero attached hydrogens (tertiary/aromatic N) is 2. The Bertz CT molecular complexity index is 820. The lowest BCUT2D eigenvalue weighted by Crippen LogP contribution is -2.27. The second kappa shape index (κ2) is 5.38. The molecule has 2 aromatic heterocycles. The standard InChI is InChI=1S/C15H17N3O2S2/c1-18-14(20)12-9-3-2-4-10(9)22-13(12)17-15(18)21-7-11(19)16-8-5-6-8/h8H,2-7H2,1H3,(H,16,19). The Kier molecular flexibility index (Phi) is 3.49. The van der Waals surface area contributed by atoms with Crippen molar-refractivity contribution in [3.8, 4) is 0 Å². The summed E-state index contributed by atoms with van der Waals surface area (Å²) < 4.78 is 1.59. The summed E-state index contributed by atoms with van der Waals surface area (Å²) in [5.41, 5.74) is 1.23. The second-order valence-corrected chi connectivity index (χ2v) is 7.95. The molecule has 2 aromatic rings. The number of fused-ring (bicyclic) bond motifs is 3. The van der Waals surface area contributed by atoms with Crippen molar-refractivity contribution >= 4 is 39.2 Å². The maximum Gasteiger partial charge on any atom is 0.262 e. The quantitative estimate of drug-likeness (QED) is 0.684. The van der Waals surface area contributed by atoms with Crippen LogP contribution in [-0.2, 0) is 24.7 Å². The van der Waals surface area contributed by atoms with Crippen LogP contribution in [0.1, 0.15) is 29.7 Å². The minimum absolute atomic E-state index is 0.0227. The number of carbonyl (C=O) groups is 1. The van der Waals surface area contributed by atoms with Gasteiger partial charge in [-0.25, -0.2) is 4.98 Å². The first-order valence-corrected chi connectivity index (χ1v) is 9.37. The molecule has 0 aromatic carbocycles. The van der Waals surface area contributed by atoms with Crippen molar-refractivity contribution in [2.24, 2.45) is 7.05 Å². The molecular formula is C15H17N3O2S2. The summed E-state index contributed by atoms with van der Waals surface area (Å²) in [6.45, 7) is 0. The van der Waals surface area contributed by atoms with E-state index < -0.39 is 0 Å². The topological polar surface area (TPSA) is 64.0 Å². The van der Waals surface area contributed by atoms with Gasteiger partial charge in [-0.05, 0) is 37.7 Å². The predicted octanol–water partition coefficient (Wildman–Crippen LogP) is 1.85. The van der Waals surface area contributed by atoms with Crippen LogP contribution in [0.5, 0.6) is 0 Å². The minimum atomic E-state index is 0.0227. The largest absolute Gasteiger partial charge is 0.353 e. The fourth-order valence-corrected chi connectivity index (χ4v) is 4.95. The molecular weight excluding hydrogens is 318 g/mol. The predicted molar refractivity (Wildman–Crippen MR) is 88.8 cm³/mol. The zero-order valence-corrected chi connectivity index (χ0v) is 14.0. The van der Waals surface area contributed by atoms with Crippen molar-refractivity contribution in [1.29, 1.82) is 0 Å². The van der Waals surface area contributed by atoms with Gasteiger partial charge in [0.1, 0.15) is 4.83 Å². The number of amides is 1. The fourth-order valence-electron chi connectivity index (χ4n) is 2.86. The van der Waals surface area contributed by atoms with Gasteiger partial charge in [0.2, 0.25) is 5.91 Å². The van der Waals surface area contributed by atoms with Crippen LogP contribution in [0, 0.1) is 0 Å². The van der Waals surface area contributed by atoms with Crippen molar-refractivity contribution in [2.45, 2.75) is 43.3 Å². The molecule has 2 aliphatic rings.